The second-order valence-corrected chi connectivity index (χ2v) is 5.56. The zero-order valence-electron chi connectivity index (χ0n) is 10.9. The van der Waals surface area contributed by atoms with Gasteiger partial charge in [-0.1, -0.05) is 24.6 Å². The summed E-state index contributed by atoms with van der Waals surface area (Å²) >= 11 is 0. The van der Waals surface area contributed by atoms with E-state index >= 15 is 0 Å². The lowest BCUT2D eigenvalue weighted by Crippen LogP contribution is -2.41. The van der Waals surface area contributed by atoms with Crippen LogP contribution in [-0.4, -0.2) is 29.7 Å². The summed E-state index contributed by atoms with van der Waals surface area (Å²) in [6, 6.07) is 7.85. The molecule has 3 rings (SSSR count). The topological polar surface area (TPSA) is 61.4 Å². The molecule has 19 heavy (non-hydrogen) atoms. The molecule has 0 aromatic heterocycles. The van der Waals surface area contributed by atoms with Crippen LogP contribution in [0.15, 0.2) is 24.3 Å². The molecule has 3 atom stereocenters. The quantitative estimate of drug-likeness (QED) is 0.767. The van der Waals surface area contributed by atoms with Crippen molar-refractivity contribution in [2.45, 2.75) is 37.8 Å². The molecule has 2 aliphatic rings. The number of aliphatic hydroxyl groups excluding tert-OH is 1. The lowest BCUT2D eigenvalue weighted by molar-refractivity contribution is -0.122. The summed E-state index contributed by atoms with van der Waals surface area (Å²) in [5.41, 5.74) is 2.26. The number of fused-ring (bicyclic) bond motifs is 1. The fraction of sp³-hybridized carbons (Fsp3) is 0.533. The predicted molar refractivity (Wildman–Crippen MR) is 73.9 cm³/mol. The second kappa shape index (κ2) is 5.21. The van der Waals surface area contributed by atoms with E-state index in [-0.39, 0.29) is 24.0 Å². The van der Waals surface area contributed by atoms with E-state index in [1.54, 1.807) is 0 Å². The highest BCUT2D eigenvalue weighted by molar-refractivity contribution is 5.87. The first-order valence-corrected chi connectivity index (χ1v) is 7.04. The number of amides is 1. The van der Waals surface area contributed by atoms with Gasteiger partial charge < -0.3 is 15.7 Å². The molecule has 0 spiro atoms. The van der Waals surface area contributed by atoms with Gasteiger partial charge in [0.05, 0.1) is 6.10 Å². The molecule has 1 aromatic rings. The molecule has 1 aliphatic carbocycles. The highest BCUT2D eigenvalue weighted by Gasteiger charge is 2.29. The van der Waals surface area contributed by atoms with E-state index in [2.05, 4.69) is 16.7 Å². The Balaban J connectivity index is 1.52. The SMILES string of the molecule is O=C(NCC1CCCC1O)C1Cc2ccccc2N1. The lowest BCUT2D eigenvalue weighted by Gasteiger charge is -2.17. The fourth-order valence-electron chi connectivity index (χ4n) is 3.07. The Morgan fingerprint density at radius 1 is 1.37 bits per heavy atom. The van der Waals surface area contributed by atoms with Gasteiger partial charge in [0.1, 0.15) is 6.04 Å². The highest BCUT2D eigenvalue weighted by atomic mass is 16.3. The molecule has 0 radical (unpaired) electrons. The number of para-hydroxylation sites is 1. The molecule has 1 amide bonds. The van der Waals surface area contributed by atoms with Crippen LogP contribution in [0.3, 0.4) is 0 Å². The van der Waals surface area contributed by atoms with Crippen LogP contribution >= 0.6 is 0 Å². The largest absolute Gasteiger partial charge is 0.393 e. The number of anilines is 1. The van der Waals surface area contributed by atoms with Crippen molar-refractivity contribution in [2.75, 3.05) is 11.9 Å². The fourth-order valence-corrected chi connectivity index (χ4v) is 3.07. The first kappa shape index (κ1) is 12.5. The van der Waals surface area contributed by atoms with E-state index in [9.17, 15) is 9.90 Å². The molecule has 3 unspecified atom stereocenters. The maximum Gasteiger partial charge on any atom is 0.242 e. The minimum absolute atomic E-state index is 0.0373. The molecular formula is C15H20N2O2. The van der Waals surface area contributed by atoms with Crippen molar-refractivity contribution < 1.29 is 9.90 Å². The standard InChI is InChI=1S/C15H20N2O2/c18-14-7-3-5-11(14)9-16-15(19)13-8-10-4-1-2-6-12(10)17-13/h1-2,4,6,11,13-14,17-18H,3,5,7-9H2,(H,16,19). The highest BCUT2D eigenvalue weighted by Crippen LogP contribution is 2.26. The molecule has 4 heteroatoms. The summed E-state index contributed by atoms with van der Waals surface area (Å²) in [5, 5.41) is 16.0. The average molecular weight is 260 g/mol. The van der Waals surface area contributed by atoms with E-state index < -0.39 is 0 Å². The first-order valence-electron chi connectivity index (χ1n) is 7.04. The van der Waals surface area contributed by atoms with Crippen LogP contribution in [0.25, 0.3) is 0 Å². The molecule has 1 saturated carbocycles. The van der Waals surface area contributed by atoms with Crippen molar-refractivity contribution in [3.8, 4) is 0 Å². The Labute approximate surface area is 113 Å². The monoisotopic (exact) mass is 260 g/mol. The molecule has 0 bridgehead atoms. The molecule has 4 nitrogen and oxygen atoms in total. The zero-order valence-corrected chi connectivity index (χ0v) is 10.9. The van der Waals surface area contributed by atoms with E-state index in [1.807, 2.05) is 18.2 Å². The molecular weight excluding hydrogens is 240 g/mol. The molecule has 1 aliphatic heterocycles. The third-order valence-corrected chi connectivity index (χ3v) is 4.25. The van der Waals surface area contributed by atoms with Crippen LogP contribution < -0.4 is 10.6 Å². The lowest BCUT2D eigenvalue weighted by atomic mass is 10.1. The average Bonchev–Trinajstić information content (AvgIpc) is 3.01. The van der Waals surface area contributed by atoms with Crippen molar-refractivity contribution in [2.24, 2.45) is 5.92 Å². The van der Waals surface area contributed by atoms with Gasteiger partial charge in [0, 0.05) is 24.6 Å². The molecule has 102 valence electrons. The normalized spacial score (nSPS) is 28.8. The Kier molecular flexibility index (Phi) is 3.42. The zero-order chi connectivity index (χ0) is 13.2. The Bertz CT molecular complexity index is 450. The van der Waals surface area contributed by atoms with Gasteiger partial charge in [-0.3, -0.25) is 4.79 Å². The van der Waals surface area contributed by atoms with Crippen LogP contribution in [0, 0.1) is 5.92 Å². The van der Waals surface area contributed by atoms with Crippen LogP contribution in [-0.2, 0) is 11.2 Å². The molecule has 3 N–H and O–H groups in total. The Morgan fingerprint density at radius 3 is 2.95 bits per heavy atom. The third-order valence-electron chi connectivity index (χ3n) is 4.25. The minimum Gasteiger partial charge on any atom is -0.393 e. The molecule has 1 fully saturated rings. The minimum atomic E-state index is -0.242. The van der Waals surface area contributed by atoms with Gasteiger partial charge in [0.25, 0.3) is 0 Å². The summed E-state index contributed by atoms with van der Waals surface area (Å²) in [7, 11) is 0. The van der Waals surface area contributed by atoms with Gasteiger partial charge in [-0.25, -0.2) is 0 Å². The predicted octanol–water partition coefficient (Wildman–Crippen LogP) is 1.30. The summed E-state index contributed by atoms with van der Waals surface area (Å²) < 4.78 is 0. The van der Waals surface area contributed by atoms with Crippen molar-refractivity contribution in [3.05, 3.63) is 29.8 Å². The third kappa shape index (κ3) is 2.59. The van der Waals surface area contributed by atoms with E-state index in [4.69, 9.17) is 0 Å². The second-order valence-electron chi connectivity index (χ2n) is 5.56. The van der Waals surface area contributed by atoms with Crippen molar-refractivity contribution in [1.29, 1.82) is 0 Å². The van der Waals surface area contributed by atoms with Gasteiger partial charge in [-0.05, 0) is 24.5 Å². The maximum atomic E-state index is 12.1. The Hall–Kier alpha value is -1.55. The summed E-state index contributed by atoms with van der Waals surface area (Å²) in [6.07, 6.45) is 3.45. The number of aliphatic hydroxyl groups is 1. The van der Waals surface area contributed by atoms with Crippen molar-refractivity contribution in [3.63, 3.8) is 0 Å². The van der Waals surface area contributed by atoms with E-state index in [1.165, 1.54) is 5.56 Å². The van der Waals surface area contributed by atoms with E-state index in [0.717, 1.165) is 31.4 Å². The molecule has 0 saturated heterocycles. The first-order chi connectivity index (χ1) is 9.24. The van der Waals surface area contributed by atoms with Crippen LogP contribution in [0.4, 0.5) is 5.69 Å². The number of carbonyl (C=O) groups excluding carboxylic acids is 1. The summed E-state index contributed by atoms with van der Waals surface area (Å²) in [4.78, 5) is 12.1. The Morgan fingerprint density at radius 2 is 2.21 bits per heavy atom. The summed E-state index contributed by atoms with van der Waals surface area (Å²) in [5.74, 6) is 0.267. The van der Waals surface area contributed by atoms with E-state index in [0.29, 0.717) is 6.54 Å². The van der Waals surface area contributed by atoms with Crippen molar-refractivity contribution in [1.82, 2.24) is 5.32 Å². The maximum absolute atomic E-state index is 12.1. The van der Waals surface area contributed by atoms with Crippen LogP contribution in [0.5, 0.6) is 0 Å². The number of hydrogen-bond acceptors (Lipinski definition) is 3. The number of rotatable bonds is 3. The van der Waals surface area contributed by atoms with Gasteiger partial charge in [0.15, 0.2) is 0 Å². The van der Waals surface area contributed by atoms with Crippen LogP contribution in [0.1, 0.15) is 24.8 Å². The molecule has 1 aromatic carbocycles. The number of benzene rings is 1. The number of carbonyl (C=O) groups is 1. The van der Waals surface area contributed by atoms with Gasteiger partial charge >= 0.3 is 0 Å². The van der Waals surface area contributed by atoms with Gasteiger partial charge in [-0.2, -0.15) is 0 Å². The summed E-state index contributed by atoms with van der Waals surface area (Å²) in [6.45, 7) is 0.592. The van der Waals surface area contributed by atoms with Gasteiger partial charge in [0.2, 0.25) is 5.91 Å². The molecule has 1 heterocycles. The number of nitrogens with one attached hydrogen (secondary N) is 2. The van der Waals surface area contributed by atoms with Crippen molar-refractivity contribution >= 4 is 11.6 Å². The van der Waals surface area contributed by atoms with Gasteiger partial charge in [-0.15, -0.1) is 0 Å². The smallest absolute Gasteiger partial charge is 0.242 e. The van der Waals surface area contributed by atoms with Crippen LogP contribution in [0.2, 0.25) is 0 Å². The number of hydrogen-bond donors (Lipinski definition) is 3.